The number of carbonyl (C=O) groups is 2. The van der Waals surface area contributed by atoms with E-state index in [1.54, 1.807) is 11.9 Å². The maximum atomic E-state index is 12.1. The van der Waals surface area contributed by atoms with Crippen molar-refractivity contribution in [1.82, 2.24) is 4.90 Å². The van der Waals surface area contributed by atoms with Crippen LogP contribution in [-0.4, -0.2) is 36.9 Å². The molecule has 1 aliphatic heterocycles. The average molecular weight is 302 g/mol. The number of rotatable bonds is 5. The van der Waals surface area contributed by atoms with E-state index in [9.17, 15) is 9.59 Å². The van der Waals surface area contributed by atoms with Gasteiger partial charge in [0.2, 0.25) is 11.8 Å². The van der Waals surface area contributed by atoms with E-state index in [2.05, 4.69) is 6.92 Å². The van der Waals surface area contributed by atoms with Crippen LogP contribution in [0.15, 0.2) is 30.3 Å². The minimum absolute atomic E-state index is 0.0614. The van der Waals surface area contributed by atoms with E-state index in [1.807, 2.05) is 35.2 Å². The molecule has 1 aromatic carbocycles. The zero-order valence-electron chi connectivity index (χ0n) is 13.6. The number of hydrogen-bond donors (Lipinski definition) is 0. The minimum Gasteiger partial charge on any atom is -0.343 e. The van der Waals surface area contributed by atoms with E-state index in [1.165, 1.54) is 0 Å². The normalized spacial score (nSPS) is 15.6. The van der Waals surface area contributed by atoms with Crippen LogP contribution in [-0.2, 0) is 9.59 Å². The Morgan fingerprint density at radius 1 is 1.14 bits per heavy atom. The number of para-hydroxylation sites is 1. The minimum atomic E-state index is 0.0614. The molecule has 0 unspecified atom stereocenters. The first-order valence-electron chi connectivity index (χ1n) is 8.17. The molecule has 0 aliphatic carbocycles. The molecule has 0 N–H and O–H groups in total. The molecular weight excluding hydrogens is 276 g/mol. The molecule has 2 rings (SSSR count). The highest BCUT2D eigenvalue weighted by Crippen LogP contribution is 2.18. The molecule has 2 amide bonds. The summed E-state index contributed by atoms with van der Waals surface area (Å²) >= 11 is 0. The second-order valence-corrected chi connectivity index (χ2v) is 6.21. The van der Waals surface area contributed by atoms with Gasteiger partial charge in [0.25, 0.3) is 0 Å². The summed E-state index contributed by atoms with van der Waals surface area (Å²) in [5.41, 5.74) is 0.892. The van der Waals surface area contributed by atoms with Gasteiger partial charge in [-0.3, -0.25) is 9.59 Å². The highest BCUT2D eigenvalue weighted by atomic mass is 16.2. The molecule has 0 radical (unpaired) electrons. The van der Waals surface area contributed by atoms with Crippen LogP contribution in [0.25, 0.3) is 0 Å². The third kappa shape index (κ3) is 4.58. The van der Waals surface area contributed by atoms with Crippen molar-refractivity contribution in [2.24, 2.45) is 5.92 Å². The van der Waals surface area contributed by atoms with E-state index >= 15 is 0 Å². The van der Waals surface area contributed by atoms with Gasteiger partial charge in [0.1, 0.15) is 0 Å². The molecule has 1 saturated heterocycles. The van der Waals surface area contributed by atoms with Crippen molar-refractivity contribution < 1.29 is 9.59 Å². The smallest absolute Gasteiger partial charge is 0.226 e. The molecule has 0 saturated carbocycles. The van der Waals surface area contributed by atoms with Crippen molar-refractivity contribution in [3.63, 3.8) is 0 Å². The van der Waals surface area contributed by atoms with Crippen LogP contribution in [0, 0.1) is 5.92 Å². The molecule has 4 nitrogen and oxygen atoms in total. The van der Waals surface area contributed by atoms with Gasteiger partial charge in [-0.1, -0.05) is 25.1 Å². The molecule has 120 valence electrons. The SMILES string of the molecule is CC1CCN(C(=O)CCCC(=O)N(C)c2ccccc2)CC1. The predicted octanol–water partition coefficient (Wildman–Crippen LogP) is 3.08. The van der Waals surface area contributed by atoms with E-state index in [-0.39, 0.29) is 11.8 Å². The van der Waals surface area contributed by atoms with Gasteiger partial charge < -0.3 is 9.80 Å². The molecule has 4 heteroatoms. The number of piperidine rings is 1. The van der Waals surface area contributed by atoms with E-state index in [0.29, 0.717) is 19.3 Å². The Balaban J connectivity index is 1.71. The van der Waals surface area contributed by atoms with Crippen LogP contribution >= 0.6 is 0 Å². The van der Waals surface area contributed by atoms with Crippen LogP contribution in [0.2, 0.25) is 0 Å². The van der Waals surface area contributed by atoms with Gasteiger partial charge in [-0.25, -0.2) is 0 Å². The lowest BCUT2D eigenvalue weighted by molar-refractivity contribution is -0.132. The molecule has 1 aliphatic rings. The summed E-state index contributed by atoms with van der Waals surface area (Å²) in [7, 11) is 1.78. The molecule has 0 bridgehead atoms. The Morgan fingerprint density at radius 3 is 2.41 bits per heavy atom. The number of benzene rings is 1. The van der Waals surface area contributed by atoms with Gasteiger partial charge in [-0.2, -0.15) is 0 Å². The average Bonchev–Trinajstić information content (AvgIpc) is 2.55. The number of carbonyl (C=O) groups excluding carboxylic acids is 2. The molecule has 1 fully saturated rings. The lowest BCUT2D eigenvalue weighted by Gasteiger charge is -2.30. The summed E-state index contributed by atoms with van der Waals surface area (Å²) in [4.78, 5) is 27.9. The Bertz CT molecular complexity index is 493. The quantitative estimate of drug-likeness (QED) is 0.838. The first-order valence-corrected chi connectivity index (χ1v) is 8.17. The Hall–Kier alpha value is -1.84. The fourth-order valence-electron chi connectivity index (χ4n) is 2.77. The topological polar surface area (TPSA) is 40.6 Å². The molecule has 0 spiro atoms. The van der Waals surface area contributed by atoms with Crippen molar-refractivity contribution in [1.29, 1.82) is 0 Å². The summed E-state index contributed by atoms with van der Waals surface area (Å²) in [5, 5.41) is 0. The van der Waals surface area contributed by atoms with Crippen LogP contribution in [0.5, 0.6) is 0 Å². The Labute approximate surface area is 133 Å². The molecule has 1 heterocycles. The van der Waals surface area contributed by atoms with Crippen LogP contribution in [0.4, 0.5) is 5.69 Å². The fraction of sp³-hybridized carbons (Fsp3) is 0.556. The number of hydrogen-bond acceptors (Lipinski definition) is 2. The first-order chi connectivity index (χ1) is 10.6. The first kappa shape index (κ1) is 16.5. The molecule has 0 aromatic heterocycles. The van der Waals surface area contributed by atoms with Crippen LogP contribution in [0.3, 0.4) is 0 Å². The second kappa shape index (κ2) is 7.97. The number of amides is 2. The summed E-state index contributed by atoms with van der Waals surface area (Å²) < 4.78 is 0. The number of likely N-dealkylation sites (tertiary alicyclic amines) is 1. The molecule has 1 aromatic rings. The van der Waals surface area contributed by atoms with Gasteiger partial charge in [-0.05, 0) is 37.3 Å². The van der Waals surface area contributed by atoms with E-state index in [0.717, 1.165) is 37.5 Å². The lowest BCUT2D eigenvalue weighted by Crippen LogP contribution is -2.37. The number of nitrogens with zero attached hydrogens (tertiary/aromatic N) is 2. The largest absolute Gasteiger partial charge is 0.343 e. The van der Waals surface area contributed by atoms with Crippen molar-refractivity contribution in [3.05, 3.63) is 30.3 Å². The van der Waals surface area contributed by atoms with Gasteiger partial charge >= 0.3 is 0 Å². The van der Waals surface area contributed by atoms with Crippen molar-refractivity contribution in [2.75, 3.05) is 25.0 Å². The van der Waals surface area contributed by atoms with Crippen molar-refractivity contribution in [2.45, 2.75) is 39.0 Å². The monoisotopic (exact) mass is 302 g/mol. The van der Waals surface area contributed by atoms with Gasteiger partial charge in [0.05, 0.1) is 0 Å². The maximum absolute atomic E-state index is 12.1. The van der Waals surface area contributed by atoms with Crippen molar-refractivity contribution in [3.8, 4) is 0 Å². The van der Waals surface area contributed by atoms with Gasteiger partial charge in [0, 0.05) is 38.7 Å². The standard InChI is InChI=1S/C18H26N2O2/c1-15-11-13-20(14-12-15)18(22)10-6-9-17(21)19(2)16-7-4-3-5-8-16/h3-5,7-8,15H,6,9-14H2,1-2H3. The van der Waals surface area contributed by atoms with E-state index < -0.39 is 0 Å². The molecule has 0 atom stereocenters. The maximum Gasteiger partial charge on any atom is 0.226 e. The third-order valence-corrected chi connectivity index (χ3v) is 4.44. The zero-order valence-corrected chi connectivity index (χ0v) is 13.6. The Morgan fingerprint density at radius 2 is 1.77 bits per heavy atom. The van der Waals surface area contributed by atoms with Crippen molar-refractivity contribution >= 4 is 17.5 Å². The Kier molecular flexibility index (Phi) is 5.99. The number of anilines is 1. The molecule has 22 heavy (non-hydrogen) atoms. The lowest BCUT2D eigenvalue weighted by atomic mass is 9.99. The summed E-state index contributed by atoms with van der Waals surface area (Å²) in [6.07, 6.45) is 3.72. The summed E-state index contributed by atoms with van der Waals surface area (Å²) in [6, 6.07) is 9.59. The summed E-state index contributed by atoms with van der Waals surface area (Å²) in [6.45, 7) is 3.98. The second-order valence-electron chi connectivity index (χ2n) is 6.21. The highest BCUT2D eigenvalue weighted by Gasteiger charge is 2.20. The third-order valence-electron chi connectivity index (χ3n) is 4.44. The van der Waals surface area contributed by atoms with Gasteiger partial charge in [-0.15, -0.1) is 0 Å². The summed E-state index contributed by atoms with van der Waals surface area (Å²) in [5.74, 6) is 0.985. The molecular formula is C18H26N2O2. The predicted molar refractivity (Wildman–Crippen MR) is 88.7 cm³/mol. The van der Waals surface area contributed by atoms with Crippen LogP contribution in [0.1, 0.15) is 39.0 Å². The van der Waals surface area contributed by atoms with Crippen LogP contribution < -0.4 is 4.90 Å². The van der Waals surface area contributed by atoms with E-state index in [4.69, 9.17) is 0 Å². The van der Waals surface area contributed by atoms with Gasteiger partial charge in [0.15, 0.2) is 0 Å². The fourth-order valence-corrected chi connectivity index (χ4v) is 2.77. The zero-order chi connectivity index (χ0) is 15.9. The highest BCUT2D eigenvalue weighted by molar-refractivity contribution is 5.93.